The normalized spacial score (nSPS) is 11.3. The van der Waals surface area contributed by atoms with Crippen LogP contribution in [0.2, 0.25) is 5.15 Å². The molecular formula is C22H22Cl2N4O3S. The molecular weight excluding hydrogens is 471 g/mol. The van der Waals surface area contributed by atoms with E-state index >= 15 is 0 Å². The van der Waals surface area contributed by atoms with E-state index in [1.54, 1.807) is 30.6 Å². The molecule has 0 atom stereocenters. The van der Waals surface area contributed by atoms with Gasteiger partial charge in [0.1, 0.15) is 10.0 Å². The smallest absolute Gasteiger partial charge is 0.269 e. The molecule has 0 fully saturated rings. The summed E-state index contributed by atoms with van der Waals surface area (Å²) in [5.41, 5.74) is 3.23. The van der Waals surface area contributed by atoms with Gasteiger partial charge in [-0.1, -0.05) is 29.8 Å². The molecule has 0 bridgehead atoms. The van der Waals surface area contributed by atoms with Crippen molar-refractivity contribution in [1.82, 2.24) is 19.3 Å². The van der Waals surface area contributed by atoms with E-state index in [0.717, 1.165) is 22.1 Å². The number of ether oxygens (including phenoxy) is 1. The Morgan fingerprint density at radius 1 is 1.16 bits per heavy atom. The van der Waals surface area contributed by atoms with E-state index < -0.39 is 10.0 Å². The van der Waals surface area contributed by atoms with Gasteiger partial charge in [0.25, 0.3) is 10.0 Å². The summed E-state index contributed by atoms with van der Waals surface area (Å²) in [5.74, 6) is 0.442. The zero-order valence-electron chi connectivity index (χ0n) is 17.4. The first-order valence-corrected chi connectivity index (χ1v) is 11.4. The fraction of sp³-hybridized carbons (Fsp3) is 0.182. The van der Waals surface area contributed by atoms with E-state index in [1.165, 1.54) is 17.3 Å². The molecule has 0 saturated heterocycles. The zero-order chi connectivity index (χ0) is 22.0. The maximum atomic E-state index is 13.3. The van der Waals surface area contributed by atoms with Gasteiger partial charge in [0.15, 0.2) is 0 Å². The molecule has 4 rings (SSSR count). The average Bonchev–Trinajstić information content (AvgIpc) is 3.14. The van der Waals surface area contributed by atoms with Crippen LogP contribution in [0.5, 0.6) is 5.88 Å². The van der Waals surface area contributed by atoms with E-state index in [2.05, 4.69) is 15.3 Å². The highest BCUT2D eigenvalue weighted by Gasteiger charge is 2.21. The molecule has 10 heteroatoms. The number of fused-ring (bicyclic) bond motifs is 1. The molecule has 3 aromatic heterocycles. The Balaban J connectivity index is 0.00000289. The Hall–Kier alpha value is -2.65. The van der Waals surface area contributed by atoms with Gasteiger partial charge in [-0.25, -0.2) is 17.4 Å². The highest BCUT2D eigenvalue weighted by atomic mass is 35.5. The number of methoxy groups -OCH3 is 1. The molecule has 7 nitrogen and oxygen atoms in total. The van der Waals surface area contributed by atoms with E-state index in [-0.39, 0.29) is 17.3 Å². The van der Waals surface area contributed by atoms with Crippen LogP contribution in [-0.2, 0) is 23.0 Å². The summed E-state index contributed by atoms with van der Waals surface area (Å²) in [6.45, 7) is 0.541. The van der Waals surface area contributed by atoms with Gasteiger partial charge in [-0.05, 0) is 41.9 Å². The molecule has 1 aromatic carbocycles. The molecule has 32 heavy (non-hydrogen) atoms. The van der Waals surface area contributed by atoms with Crippen LogP contribution in [0.4, 0.5) is 0 Å². The number of nitrogens with zero attached hydrogens (tertiary/aromatic N) is 3. The topological polar surface area (TPSA) is 86.1 Å². The first-order valence-electron chi connectivity index (χ1n) is 9.56. The van der Waals surface area contributed by atoms with Crippen molar-refractivity contribution in [2.24, 2.45) is 0 Å². The molecule has 0 spiro atoms. The second-order valence-electron chi connectivity index (χ2n) is 7.01. The average molecular weight is 493 g/mol. The Labute approximate surface area is 197 Å². The van der Waals surface area contributed by atoms with Gasteiger partial charge in [-0.3, -0.25) is 4.98 Å². The number of hydrogen-bond donors (Lipinski definition) is 1. The van der Waals surface area contributed by atoms with Gasteiger partial charge in [0.05, 0.1) is 12.6 Å². The summed E-state index contributed by atoms with van der Waals surface area (Å²) < 4.78 is 33.1. The van der Waals surface area contributed by atoms with Crippen molar-refractivity contribution in [2.45, 2.75) is 17.9 Å². The van der Waals surface area contributed by atoms with Gasteiger partial charge in [-0.2, -0.15) is 0 Å². The van der Waals surface area contributed by atoms with E-state index in [1.807, 2.05) is 31.3 Å². The third-order valence-electron chi connectivity index (χ3n) is 4.98. The summed E-state index contributed by atoms with van der Waals surface area (Å²) in [6.07, 6.45) is 5.07. The minimum Gasteiger partial charge on any atom is -0.481 e. The second-order valence-corrected chi connectivity index (χ2v) is 9.18. The van der Waals surface area contributed by atoms with E-state index in [4.69, 9.17) is 16.3 Å². The van der Waals surface area contributed by atoms with Crippen molar-refractivity contribution < 1.29 is 13.2 Å². The van der Waals surface area contributed by atoms with E-state index in [9.17, 15) is 8.42 Å². The Morgan fingerprint density at radius 3 is 2.62 bits per heavy atom. The zero-order valence-corrected chi connectivity index (χ0v) is 19.8. The number of benzene rings is 1. The van der Waals surface area contributed by atoms with Crippen molar-refractivity contribution in [2.75, 3.05) is 14.2 Å². The molecule has 0 amide bonds. The van der Waals surface area contributed by atoms with Gasteiger partial charge >= 0.3 is 0 Å². The van der Waals surface area contributed by atoms with Crippen LogP contribution >= 0.6 is 24.0 Å². The van der Waals surface area contributed by atoms with Crippen molar-refractivity contribution in [3.05, 3.63) is 82.9 Å². The highest BCUT2D eigenvalue weighted by Crippen LogP contribution is 2.29. The minimum atomic E-state index is -3.80. The summed E-state index contributed by atoms with van der Waals surface area (Å²) >= 11 is 6.30. The molecule has 168 valence electrons. The molecule has 1 N–H and O–H groups in total. The lowest BCUT2D eigenvalue weighted by molar-refractivity contribution is 0.397. The van der Waals surface area contributed by atoms with Crippen LogP contribution < -0.4 is 10.1 Å². The molecule has 3 heterocycles. The number of nitrogens with one attached hydrogen (secondary N) is 1. The van der Waals surface area contributed by atoms with Gasteiger partial charge < -0.3 is 10.1 Å². The predicted octanol–water partition coefficient (Wildman–Crippen LogP) is 4.06. The quantitative estimate of drug-likeness (QED) is 0.391. The lowest BCUT2D eigenvalue weighted by Crippen LogP contribution is -2.12. The van der Waals surface area contributed by atoms with Gasteiger partial charge in [0, 0.05) is 43.0 Å². The summed E-state index contributed by atoms with van der Waals surface area (Å²) in [6, 6.07) is 12.6. The maximum absolute atomic E-state index is 13.3. The van der Waals surface area contributed by atoms with Crippen molar-refractivity contribution >= 4 is 44.9 Å². The Kier molecular flexibility index (Phi) is 7.40. The van der Waals surface area contributed by atoms with Crippen LogP contribution in [0, 0.1) is 0 Å². The number of pyridine rings is 2. The summed E-state index contributed by atoms with van der Waals surface area (Å²) in [5, 5.41) is 4.32. The first-order chi connectivity index (χ1) is 14.9. The molecule has 0 aliphatic carbocycles. The first kappa shape index (κ1) is 24.0. The predicted molar refractivity (Wildman–Crippen MR) is 127 cm³/mol. The molecule has 0 radical (unpaired) electrons. The van der Waals surface area contributed by atoms with Crippen molar-refractivity contribution in [3.63, 3.8) is 0 Å². The van der Waals surface area contributed by atoms with Crippen molar-refractivity contribution in [1.29, 1.82) is 0 Å². The fourth-order valence-corrected chi connectivity index (χ4v) is 5.04. The van der Waals surface area contributed by atoms with Crippen LogP contribution in [0.25, 0.3) is 10.9 Å². The SMILES string of the molecule is CNCc1cn(S(=O)(=O)c2cccnc2)c2cc(Cc3ccc(OC)nc3Cl)ccc12.Cl. The van der Waals surface area contributed by atoms with Gasteiger partial charge in [0.2, 0.25) is 5.88 Å². The number of hydrogen-bond acceptors (Lipinski definition) is 6. The standard InChI is InChI=1S/C22H21ClN4O3S.ClH/c1-24-12-17-14-27(31(28,29)18-4-3-9-25-13-18)20-11-15(5-7-19(17)20)10-16-6-8-21(30-2)26-22(16)23;/h3-9,11,13-14,24H,10,12H2,1-2H3;1H. The number of aromatic nitrogens is 3. The maximum Gasteiger partial charge on any atom is 0.269 e. The molecule has 0 aliphatic heterocycles. The Bertz CT molecular complexity index is 1340. The molecule has 0 saturated carbocycles. The molecule has 0 unspecified atom stereocenters. The molecule has 4 aromatic rings. The third kappa shape index (κ3) is 4.59. The number of halogens is 2. The Morgan fingerprint density at radius 2 is 1.97 bits per heavy atom. The van der Waals surface area contributed by atoms with Crippen LogP contribution in [0.15, 0.2) is 66.0 Å². The lowest BCUT2D eigenvalue weighted by Gasteiger charge is -2.09. The van der Waals surface area contributed by atoms with Crippen LogP contribution in [0.3, 0.4) is 0 Å². The molecule has 0 aliphatic rings. The third-order valence-corrected chi connectivity index (χ3v) is 6.97. The van der Waals surface area contributed by atoms with Gasteiger partial charge in [-0.15, -0.1) is 12.4 Å². The number of rotatable bonds is 7. The minimum absolute atomic E-state index is 0. The summed E-state index contributed by atoms with van der Waals surface area (Å²) in [7, 11) is -0.440. The largest absolute Gasteiger partial charge is 0.481 e. The monoisotopic (exact) mass is 492 g/mol. The fourth-order valence-electron chi connectivity index (χ4n) is 3.48. The highest BCUT2D eigenvalue weighted by molar-refractivity contribution is 7.90. The summed E-state index contributed by atoms with van der Waals surface area (Å²) in [4.78, 5) is 8.30. The second kappa shape index (κ2) is 9.87. The van der Waals surface area contributed by atoms with Crippen LogP contribution in [-0.4, -0.2) is 36.5 Å². The lowest BCUT2D eigenvalue weighted by atomic mass is 10.0. The van der Waals surface area contributed by atoms with Crippen LogP contribution in [0.1, 0.15) is 16.7 Å². The van der Waals surface area contributed by atoms with E-state index in [0.29, 0.717) is 29.5 Å². The van der Waals surface area contributed by atoms with Crippen molar-refractivity contribution in [3.8, 4) is 5.88 Å².